The summed E-state index contributed by atoms with van der Waals surface area (Å²) in [4.78, 5) is 17.0. The average molecular weight is 267 g/mol. The van der Waals surface area contributed by atoms with E-state index in [1.165, 1.54) is 32.8 Å². The maximum Gasteiger partial charge on any atom is 0.357 e. The Hall–Kier alpha value is -0.900. The minimum absolute atomic E-state index is 0.314. The lowest BCUT2D eigenvalue weighted by atomic mass is 9.73. The number of hydrogen-bond acceptors (Lipinski definition) is 4. The Balaban J connectivity index is 2.13. The van der Waals surface area contributed by atoms with E-state index >= 15 is 0 Å². The highest BCUT2D eigenvalue weighted by Crippen LogP contribution is 2.43. The lowest BCUT2D eigenvalue weighted by Crippen LogP contribution is -2.20. The highest BCUT2D eigenvalue weighted by atomic mass is 32.1. The molecule has 0 amide bonds. The molecule has 1 aliphatic carbocycles. The van der Waals surface area contributed by atoms with Crippen LogP contribution in [0.5, 0.6) is 0 Å². The van der Waals surface area contributed by atoms with Gasteiger partial charge in [-0.1, -0.05) is 13.8 Å². The predicted molar refractivity (Wildman–Crippen MR) is 73.2 cm³/mol. The molecule has 1 aliphatic rings. The van der Waals surface area contributed by atoms with Crippen molar-refractivity contribution >= 4 is 17.3 Å². The number of aryl methyl sites for hydroxylation is 1. The first-order valence-electron chi connectivity index (χ1n) is 6.48. The van der Waals surface area contributed by atoms with Gasteiger partial charge >= 0.3 is 5.97 Å². The van der Waals surface area contributed by atoms with E-state index in [0.717, 1.165) is 9.88 Å². The molecule has 0 unspecified atom stereocenters. The number of nitrogens with zero attached hydrogens (tertiary/aromatic N) is 1. The Labute approximate surface area is 113 Å². The summed E-state index contributed by atoms with van der Waals surface area (Å²) in [5.41, 5.74) is 0.968. The van der Waals surface area contributed by atoms with Crippen LogP contribution in [0, 0.1) is 12.3 Å². The maximum absolute atomic E-state index is 11.6. The standard InChI is InChI=1S/C14H21NO2S/c1-9-11(13(16)17-4)15-12(18-9)10-5-7-14(2,3)8-6-10/h10H,5-8H2,1-4H3. The number of thiazole rings is 1. The minimum atomic E-state index is -0.314. The fraction of sp³-hybridized carbons (Fsp3) is 0.714. The van der Waals surface area contributed by atoms with Crippen molar-refractivity contribution < 1.29 is 9.53 Å². The molecular formula is C14H21NO2S. The first-order valence-corrected chi connectivity index (χ1v) is 7.30. The Morgan fingerprint density at radius 3 is 2.56 bits per heavy atom. The van der Waals surface area contributed by atoms with Crippen molar-refractivity contribution in [1.29, 1.82) is 0 Å². The molecule has 0 saturated heterocycles. The van der Waals surface area contributed by atoms with E-state index in [4.69, 9.17) is 4.74 Å². The van der Waals surface area contributed by atoms with Crippen molar-refractivity contribution in [3.8, 4) is 0 Å². The maximum atomic E-state index is 11.6. The number of carbonyl (C=O) groups is 1. The monoisotopic (exact) mass is 267 g/mol. The third kappa shape index (κ3) is 2.74. The van der Waals surface area contributed by atoms with E-state index in [2.05, 4.69) is 18.8 Å². The molecule has 0 aromatic carbocycles. The molecule has 1 aromatic rings. The number of hydrogen-bond donors (Lipinski definition) is 0. The zero-order valence-electron chi connectivity index (χ0n) is 11.6. The topological polar surface area (TPSA) is 39.2 Å². The van der Waals surface area contributed by atoms with Gasteiger partial charge in [0.25, 0.3) is 0 Å². The van der Waals surface area contributed by atoms with Crippen LogP contribution in [-0.2, 0) is 4.74 Å². The van der Waals surface area contributed by atoms with Gasteiger partial charge in [0.05, 0.1) is 12.1 Å². The fourth-order valence-corrected chi connectivity index (χ4v) is 3.60. The molecule has 1 saturated carbocycles. The predicted octanol–water partition coefficient (Wildman–Crippen LogP) is 3.92. The summed E-state index contributed by atoms with van der Waals surface area (Å²) in [5.74, 6) is 0.214. The van der Waals surface area contributed by atoms with Crippen LogP contribution < -0.4 is 0 Å². The third-order valence-electron chi connectivity index (χ3n) is 3.88. The van der Waals surface area contributed by atoms with E-state index < -0.39 is 0 Å². The molecule has 1 fully saturated rings. The van der Waals surface area contributed by atoms with E-state index in [0.29, 0.717) is 17.0 Å². The average Bonchev–Trinajstić information content (AvgIpc) is 2.70. The van der Waals surface area contributed by atoms with Gasteiger partial charge in [0.2, 0.25) is 0 Å². The summed E-state index contributed by atoms with van der Waals surface area (Å²) in [6.07, 6.45) is 4.84. The van der Waals surface area contributed by atoms with E-state index in [1.54, 1.807) is 11.3 Å². The van der Waals surface area contributed by atoms with Crippen molar-refractivity contribution in [3.63, 3.8) is 0 Å². The first kappa shape index (κ1) is 13.5. The summed E-state index contributed by atoms with van der Waals surface area (Å²) in [6.45, 7) is 6.60. The van der Waals surface area contributed by atoms with Crippen molar-refractivity contribution in [3.05, 3.63) is 15.6 Å². The largest absolute Gasteiger partial charge is 0.464 e. The highest BCUT2D eigenvalue weighted by molar-refractivity contribution is 7.12. The van der Waals surface area contributed by atoms with E-state index in [9.17, 15) is 4.79 Å². The smallest absolute Gasteiger partial charge is 0.357 e. The van der Waals surface area contributed by atoms with Crippen molar-refractivity contribution in [2.45, 2.75) is 52.4 Å². The summed E-state index contributed by atoms with van der Waals surface area (Å²) >= 11 is 1.65. The van der Waals surface area contributed by atoms with Gasteiger partial charge in [0.1, 0.15) is 0 Å². The first-order chi connectivity index (χ1) is 8.43. The summed E-state index contributed by atoms with van der Waals surface area (Å²) in [7, 11) is 1.41. The van der Waals surface area contributed by atoms with Crippen LogP contribution in [0.15, 0.2) is 0 Å². The van der Waals surface area contributed by atoms with Crippen molar-refractivity contribution in [2.75, 3.05) is 7.11 Å². The van der Waals surface area contributed by atoms with Crippen LogP contribution in [0.2, 0.25) is 0 Å². The third-order valence-corrected chi connectivity index (χ3v) is 5.01. The second-order valence-electron chi connectivity index (χ2n) is 5.89. The number of ether oxygens (including phenoxy) is 1. The summed E-state index contributed by atoms with van der Waals surface area (Å²) in [6, 6.07) is 0. The van der Waals surface area contributed by atoms with Crippen LogP contribution >= 0.6 is 11.3 Å². The molecule has 3 nitrogen and oxygen atoms in total. The second kappa shape index (κ2) is 5.00. The van der Waals surface area contributed by atoms with Gasteiger partial charge in [0.15, 0.2) is 5.69 Å². The molecule has 0 aliphatic heterocycles. The van der Waals surface area contributed by atoms with Gasteiger partial charge in [-0.15, -0.1) is 11.3 Å². The molecule has 0 radical (unpaired) electrons. The molecule has 100 valence electrons. The van der Waals surface area contributed by atoms with Gasteiger partial charge in [-0.2, -0.15) is 0 Å². The molecule has 0 spiro atoms. The zero-order valence-corrected chi connectivity index (χ0v) is 12.4. The minimum Gasteiger partial charge on any atom is -0.464 e. The van der Waals surface area contributed by atoms with Gasteiger partial charge in [-0.25, -0.2) is 9.78 Å². The Morgan fingerprint density at radius 1 is 1.39 bits per heavy atom. The van der Waals surface area contributed by atoms with Gasteiger partial charge in [0, 0.05) is 10.8 Å². The Bertz CT molecular complexity index is 441. The lowest BCUT2D eigenvalue weighted by Gasteiger charge is -2.33. The van der Waals surface area contributed by atoms with Gasteiger partial charge < -0.3 is 4.74 Å². The molecule has 18 heavy (non-hydrogen) atoms. The SMILES string of the molecule is COC(=O)c1nc(C2CCC(C)(C)CC2)sc1C. The molecule has 1 aromatic heterocycles. The van der Waals surface area contributed by atoms with Crippen LogP contribution in [-0.4, -0.2) is 18.1 Å². The molecule has 4 heteroatoms. The number of aromatic nitrogens is 1. The second-order valence-corrected chi connectivity index (χ2v) is 7.12. The van der Waals surface area contributed by atoms with E-state index in [-0.39, 0.29) is 5.97 Å². The van der Waals surface area contributed by atoms with Crippen LogP contribution in [0.1, 0.15) is 65.8 Å². The van der Waals surface area contributed by atoms with Crippen LogP contribution in [0.4, 0.5) is 0 Å². The van der Waals surface area contributed by atoms with Crippen molar-refractivity contribution in [1.82, 2.24) is 4.98 Å². The van der Waals surface area contributed by atoms with Crippen molar-refractivity contribution in [2.24, 2.45) is 5.41 Å². The van der Waals surface area contributed by atoms with E-state index in [1.807, 2.05) is 6.92 Å². The fourth-order valence-electron chi connectivity index (χ4n) is 2.52. The van der Waals surface area contributed by atoms with Crippen LogP contribution in [0.25, 0.3) is 0 Å². The number of carbonyl (C=O) groups excluding carboxylic acids is 1. The molecule has 0 bridgehead atoms. The molecule has 0 atom stereocenters. The lowest BCUT2D eigenvalue weighted by molar-refractivity contribution is 0.0593. The Kier molecular flexibility index (Phi) is 3.76. The molecule has 0 N–H and O–H groups in total. The van der Waals surface area contributed by atoms with Gasteiger partial charge in [-0.05, 0) is 38.0 Å². The highest BCUT2D eigenvalue weighted by Gasteiger charge is 2.30. The number of rotatable bonds is 2. The molecule has 1 heterocycles. The zero-order chi connectivity index (χ0) is 13.3. The normalized spacial score (nSPS) is 19.8. The number of esters is 1. The van der Waals surface area contributed by atoms with Gasteiger partial charge in [-0.3, -0.25) is 0 Å². The summed E-state index contributed by atoms with van der Waals surface area (Å²) in [5, 5.41) is 1.11. The summed E-state index contributed by atoms with van der Waals surface area (Å²) < 4.78 is 4.76. The Morgan fingerprint density at radius 2 is 2.00 bits per heavy atom. The van der Waals surface area contributed by atoms with Crippen LogP contribution in [0.3, 0.4) is 0 Å². The number of methoxy groups -OCH3 is 1. The molecule has 2 rings (SSSR count). The molecular weight excluding hydrogens is 246 g/mol. The quantitative estimate of drug-likeness (QED) is 0.762.